The van der Waals surface area contributed by atoms with E-state index >= 15 is 0 Å². The predicted molar refractivity (Wildman–Crippen MR) is 73.5 cm³/mol. The summed E-state index contributed by atoms with van der Waals surface area (Å²) in [4.78, 5) is 11.9. The molecule has 0 atom stereocenters. The Hall–Kier alpha value is -2.03. The maximum atomic E-state index is 11.9. The molecule has 100 valence electrons. The van der Waals surface area contributed by atoms with E-state index in [1.165, 1.54) is 5.56 Å². The lowest BCUT2D eigenvalue weighted by atomic mass is 10.0. The Labute approximate surface area is 113 Å². The molecule has 0 N–H and O–H groups in total. The van der Waals surface area contributed by atoms with Gasteiger partial charge in [-0.25, -0.2) is 4.79 Å². The van der Waals surface area contributed by atoms with Gasteiger partial charge in [0.1, 0.15) is 17.9 Å². The molecule has 19 heavy (non-hydrogen) atoms. The SMILES string of the molecule is CCOC(=O)C1=C(C)OC/C1=C/Cc1ccccc1. The molecule has 1 aliphatic rings. The van der Waals surface area contributed by atoms with Crippen molar-refractivity contribution in [1.29, 1.82) is 0 Å². The lowest BCUT2D eigenvalue weighted by Gasteiger charge is -2.04. The fourth-order valence-electron chi connectivity index (χ4n) is 2.05. The van der Waals surface area contributed by atoms with Gasteiger partial charge in [0, 0.05) is 5.57 Å². The summed E-state index contributed by atoms with van der Waals surface area (Å²) in [6, 6.07) is 10.1. The number of hydrogen-bond donors (Lipinski definition) is 0. The van der Waals surface area contributed by atoms with Crippen molar-refractivity contribution in [3.05, 3.63) is 58.9 Å². The monoisotopic (exact) mass is 258 g/mol. The fourth-order valence-corrected chi connectivity index (χ4v) is 2.05. The zero-order valence-corrected chi connectivity index (χ0v) is 11.3. The number of carbonyl (C=O) groups is 1. The first-order valence-electron chi connectivity index (χ1n) is 6.46. The number of carbonyl (C=O) groups excluding carboxylic acids is 1. The Bertz CT molecular complexity index is 512. The molecule has 0 radical (unpaired) electrons. The van der Waals surface area contributed by atoms with E-state index in [1.807, 2.05) is 24.3 Å². The second-order valence-electron chi connectivity index (χ2n) is 4.36. The van der Waals surface area contributed by atoms with Crippen LogP contribution in [0, 0.1) is 0 Å². The van der Waals surface area contributed by atoms with Crippen molar-refractivity contribution < 1.29 is 14.3 Å². The highest BCUT2D eigenvalue weighted by Gasteiger charge is 2.25. The van der Waals surface area contributed by atoms with Gasteiger partial charge in [0.15, 0.2) is 0 Å². The fraction of sp³-hybridized carbons (Fsp3) is 0.312. The molecule has 1 aromatic rings. The quantitative estimate of drug-likeness (QED) is 0.779. The van der Waals surface area contributed by atoms with Gasteiger partial charge in [-0.3, -0.25) is 0 Å². The van der Waals surface area contributed by atoms with Crippen molar-refractivity contribution in [2.75, 3.05) is 13.2 Å². The molecule has 1 aliphatic heterocycles. The highest BCUT2D eigenvalue weighted by atomic mass is 16.5. The maximum Gasteiger partial charge on any atom is 0.341 e. The largest absolute Gasteiger partial charge is 0.493 e. The second kappa shape index (κ2) is 6.23. The van der Waals surface area contributed by atoms with Gasteiger partial charge in [-0.1, -0.05) is 36.4 Å². The number of allylic oxidation sites excluding steroid dienone is 2. The van der Waals surface area contributed by atoms with Gasteiger partial charge in [0.25, 0.3) is 0 Å². The van der Waals surface area contributed by atoms with Crippen molar-refractivity contribution >= 4 is 5.97 Å². The summed E-state index contributed by atoms with van der Waals surface area (Å²) in [5, 5.41) is 0. The molecule has 1 heterocycles. The summed E-state index contributed by atoms with van der Waals surface area (Å²) in [6.45, 7) is 4.43. The van der Waals surface area contributed by atoms with E-state index in [9.17, 15) is 4.79 Å². The molecule has 0 unspecified atom stereocenters. The number of ether oxygens (including phenoxy) is 2. The molecule has 0 spiro atoms. The Balaban J connectivity index is 2.13. The molecule has 0 fully saturated rings. The van der Waals surface area contributed by atoms with E-state index in [2.05, 4.69) is 12.1 Å². The van der Waals surface area contributed by atoms with Crippen LogP contribution in [0.2, 0.25) is 0 Å². The van der Waals surface area contributed by atoms with Crippen LogP contribution in [-0.2, 0) is 20.7 Å². The van der Waals surface area contributed by atoms with Crippen molar-refractivity contribution in [2.24, 2.45) is 0 Å². The van der Waals surface area contributed by atoms with E-state index < -0.39 is 0 Å². The highest BCUT2D eigenvalue weighted by molar-refractivity contribution is 5.94. The van der Waals surface area contributed by atoms with Crippen LogP contribution in [0.5, 0.6) is 0 Å². The van der Waals surface area contributed by atoms with Crippen LogP contribution in [0.4, 0.5) is 0 Å². The van der Waals surface area contributed by atoms with E-state index in [0.717, 1.165) is 12.0 Å². The lowest BCUT2D eigenvalue weighted by molar-refractivity contribution is -0.138. The molecule has 2 rings (SSSR count). The second-order valence-corrected chi connectivity index (χ2v) is 4.36. The first-order valence-corrected chi connectivity index (χ1v) is 6.46. The van der Waals surface area contributed by atoms with E-state index in [0.29, 0.717) is 24.5 Å². The van der Waals surface area contributed by atoms with E-state index in [-0.39, 0.29) is 5.97 Å². The Kier molecular flexibility index (Phi) is 4.39. The highest BCUT2D eigenvalue weighted by Crippen LogP contribution is 2.26. The normalized spacial score (nSPS) is 16.6. The summed E-state index contributed by atoms with van der Waals surface area (Å²) < 4.78 is 10.5. The summed E-state index contributed by atoms with van der Waals surface area (Å²) >= 11 is 0. The standard InChI is InChI=1S/C16H18O3/c1-3-18-16(17)15-12(2)19-11-14(15)10-9-13-7-5-4-6-8-13/h4-8,10H,3,9,11H2,1-2H3/b14-10-. The van der Waals surface area contributed by atoms with Crippen LogP contribution in [0.15, 0.2) is 53.3 Å². The van der Waals surface area contributed by atoms with Crippen molar-refractivity contribution in [3.8, 4) is 0 Å². The number of rotatable bonds is 4. The molecule has 3 heteroatoms. The summed E-state index contributed by atoms with van der Waals surface area (Å²) in [6.07, 6.45) is 2.83. The van der Waals surface area contributed by atoms with Gasteiger partial charge >= 0.3 is 5.97 Å². The molecule has 0 saturated carbocycles. The van der Waals surface area contributed by atoms with Crippen LogP contribution in [-0.4, -0.2) is 19.2 Å². The topological polar surface area (TPSA) is 35.5 Å². The molecule has 0 saturated heterocycles. The Morgan fingerprint density at radius 1 is 1.37 bits per heavy atom. The van der Waals surface area contributed by atoms with E-state index in [4.69, 9.17) is 9.47 Å². The number of benzene rings is 1. The molecule has 0 bridgehead atoms. The molecular weight excluding hydrogens is 240 g/mol. The average Bonchev–Trinajstić information content (AvgIpc) is 2.79. The van der Waals surface area contributed by atoms with Gasteiger partial charge in [0.2, 0.25) is 0 Å². The van der Waals surface area contributed by atoms with Crippen molar-refractivity contribution in [3.63, 3.8) is 0 Å². The van der Waals surface area contributed by atoms with E-state index in [1.54, 1.807) is 13.8 Å². The zero-order chi connectivity index (χ0) is 13.7. The van der Waals surface area contributed by atoms with Gasteiger partial charge in [0.05, 0.1) is 6.61 Å². The minimum Gasteiger partial charge on any atom is -0.493 e. The van der Waals surface area contributed by atoms with Crippen LogP contribution < -0.4 is 0 Å². The van der Waals surface area contributed by atoms with Crippen LogP contribution in [0.1, 0.15) is 19.4 Å². The van der Waals surface area contributed by atoms with Crippen molar-refractivity contribution in [2.45, 2.75) is 20.3 Å². The molecule has 3 nitrogen and oxygen atoms in total. The predicted octanol–water partition coefficient (Wildman–Crippen LogP) is 3.02. The van der Waals surface area contributed by atoms with Gasteiger partial charge < -0.3 is 9.47 Å². The molecular formula is C16H18O3. The smallest absolute Gasteiger partial charge is 0.341 e. The third kappa shape index (κ3) is 3.25. The minimum atomic E-state index is -0.295. The van der Waals surface area contributed by atoms with Crippen LogP contribution >= 0.6 is 0 Å². The van der Waals surface area contributed by atoms with Crippen LogP contribution in [0.25, 0.3) is 0 Å². The molecule has 1 aromatic carbocycles. The summed E-state index contributed by atoms with van der Waals surface area (Å²) in [5.41, 5.74) is 2.71. The lowest BCUT2D eigenvalue weighted by Crippen LogP contribution is -2.09. The summed E-state index contributed by atoms with van der Waals surface area (Å²) in [7, 11) is 0. The number of esters is 1. The first kappa shape index (κ1) is 13.4. The molecule has 0 amide bonds. The zero-order valence-electron chi connectivity index (χ0n) is 11.3. The Morgan fingerprint density at radius 3 is 2.79 bits per heavy atom. The van der Waals surface area contributed by atoms with Gasteiger partial charge in [-0.2, -0.15) is 0 Å². The van der Waals surface area contributed by atoms with Crippen molar-refractivity contribution in [1.82, 2.24) is 0 Å². The number of hydrogen-bond acceptors (Lipinski definition) is 3. The third-order valence-corrected chi connectivity index (χ3v) is 3.02. The maximum absolute atomic E-state index is 11.9. The third-order valence-electron chi connectivity index (χ3n) is 3.02. The summed E-state index contributed by atoms with van der Waals surface area (Å²) in [5.74, 6) is 0.356. The average molecular weight is 258 g/mol. The van der Waals surface area contributed by atoms with Crippen LogP contribution in [0.3, 0.4) is 0 Å². The van der Waals surface area contributed by atoms with Gasteiger partial charge in [-0.05, 0) is 25.8 Å². The minimum absolute atomic E-state index is 0.295. The Morgan fingerprint density at radius 2 is 2.11 bits per heavy atom. The van der Waals surface area contributed by atoms with Gasteiger partial charge in [-0.15, -0.1) is 0 Å². The molecule has 0 aromatic heterocycles. The molecule has 0 aliphatic carbocycles. The first-order chi connectivity index (χ1) is 9.22.